The molecule has 0 radical (unpaired) electrons. The standard InChI is InChI=1S/C22H24FNO3/c1-6-24-17-10-15(13(2)9-16(17)22(3,4)11-19(24)26)20-18(27-5)8-7-14(12-25)21(20)23/h7-10,12H,6,11H2,1-5H3. The third-order valence-electron chi connectivity index (χ3n) is 5.32. The fraction of sp³-hybridized carbons (Fsp3) is 0.364. The van der Waals surface area contributed by atoms with E-state index in [9.17, 15) is 9.59 Å². The highest BCUT2D eigenvalue weighted by Crippen LogP contribution is 2.45. The van der Waals surface area contributed by atoms with E-state index < -0.39 is 5.82 Å². The molecule has 4 nitrogen and oxygen atoms in total. The number of hydrogen-bond donors (Lipinski definition) is 0. The van der Waals surface area contributed by atoms with Crippen molar-refractivity contribution in [2.75, 3.05) is 18.6 Å². The molecule has 0 atom stereocenters. The average Bonchev–Trinajstić information content (AvgIpc) is 2.61. The molecule has 0 unspecified atom stereocenters. The number of carbonyl (C=O) groups is 2. The molecule has 2 aromatic carbocycles. The summed E-state index contributed by atoms with van der Waals surface area (Å²) in [7, 11) is 1.47. The van der Waals surface area contributed by atoms with E-state index in [-0.39, 0.29) is 22.4 Å². The summed E-state index contributed by atoms with van der Waals surface area (Å²) in [6.07, 6.45) is 0.932. The van der Waals surface area contributed by atoms with Crippen LogP contribution in [0, 0.1) is 12.7 Å². The molecule has 1 aliphatic rings. The van der Waals surface area contributed by atoms with Crippen LogP contribution < -0.4 is 9.64 Å². The second kappa shape index (κ2) is 6.80. The van der Waals surface area contributed by atoms with E-state index in [2.05, 4.69) is 0 Å². The van der Waals surface area contributed by atoms with Crippen molar-refractivity contribution in [3.8, 4) is 16.9 Å². The van der Waals surface area contributed by atoms with Crippen molar-refractivity contribution < 1.29 is 18.7 Å². The van der Waals surface area contributed by atoms with Crippen LogP contribution in [0.3, 0.4) is 0 Å². The molecule has 0 spiro atoms. The number of halogens is 1. The SMILES string of the molecule is CCN1C(=O)CC(C)(C)c2cc(C)c(-c3c(OC)ccc(C=O)c3F)cc21. The predicted molar refractivity (Wildman–Crippen MR) is 104 cm³/mol. The molecule has 0 aromatic heterocycles. The number of hydrogen-bond acceptors (Lipinski definition) is 3. The molecular weight excluding hydrogens is 345 g/mol. The summed E-state index contributed by atoms with van der Waals surface area (Å²) < 4.78 is 20.4. The Morgan fingerprint density at radius 3 is 2.59 bits per heavy atom. The highest BCUT2D eigenvalue weighted by atomic mass is 19.1. The number of carbonyl (C=O) groups excluding carboxylic acids is 2. The first-order valence-corrected chi connectivity index (χ1v) is 9.02. The van der Waals surface area contributed by atoms with Gasteiger partial charge in [0.1, 0.15) is 11.6 Å². The Hall–Kier alpha value is -2.69. The van der Waals surface area contributed by atoms with Crippen molar-refractivity contribution in [3.05, 3.63) is 46.8 Å². The number of methoxy groups -OCH3 is 1. The normalized spacial score (nSPS) is 15.5. The first-order valence-electron chi connectivity index (χ1n) is 9.02. The Kier molecular flexibility index (Phi) is 4.81. The summed E-state index contributed by atoms with van der Waals surface area (Å²) in [5, 5.41) is 0. The summed E-state index contributed by atoms with van der Waals surface area (Å²) in [6, 6.07) is 6.87. The van der Waals surface area contributed by atoms with Crippen LogP contribution >= 0.6 is 0 Å². The van der Waals surface area contributed by atoms with E-state index in [0.29, 0.717) is 30.6 Å². The fourth-order valence-corrected chi connectivity index (χ4v) is 3.87. The van der Waals surface area contributed by atoms with Gasteiger partial charge in [-0.15, -0.1) is 0 Å². The van der Waals surface area contributed by atoms with Crippen LogP contribution in [-0.2, 0) is 10.2 Å². The Bertz CT molecular complexity index is 934. The highest BCUT2D eigenvalue weighted by molar-refractivity contribution is 5.99. The number of benzene rings is 2. The zero-order valence-electron chi connectivity index (χ0n) is 16.4. The lowest BCUT2D eigenvalue weighted by atomic mass is 9.75. The topological polar surface area (TPSA) is 46.6 Å². The molecule has 27 heavy (non-hydrogen) atoms. The van der Waals surface area contributed by atoms with Crippen LogP contribution in [-0.4, -0.2) is 25.8 Å². The summed E-state index contributed by atoms with van der Waals surface area (Å²) in [4.78, 5) is 25.6. The van der Waals surface area contributed by atoms with E-state index in [4.69, 9.17) is 4.74 Å². The molecule has 0 fully saturated rings. The number of aldehydes is 1. The minimum absolute atomic E-state index is 0.0216. The molecule has 142 valence electrons. The molecule has 0 N–H and O–H groups in total. The number of nitrogens with zero attached hydrogens (tertiary/aromatic N) is 1. The Morgan fingerprint density at radius 2 is 2.00 bits per heavy atom. The lowest BCUT2D eigenvalue weighted by Gasteiger charge is -2.39. The lowest BCUT2D eigenvalue weighted by molar-refractivity contribution is -0.120. The molecule has 2 aromatic rings. The second-order valence-electron chi connectivity index (χ2n) is 7.55. The van der Waals surface area contributed by atoms with Crippen molar-refractivity contribution >= 4 is 17.9 Å². The zero-order chi connectivity index (χ0) is 19.9. The van der Waals surface area contributed by atoms with Gasteiger partial charge in [-0.2, -0.15) is 0 Å². The van der Waals surface area contributed by atoms with Crippen molar-refractivity contribution in [3.63, 3.8) is 0 Å². The van der Waals surface area contributed by atoms with Crippen molar-refractivity contribution in [1.82, 2.24) is 0 Å². The van der Waals surface area contributed by atoms with Gasteiger partial charge in [-0.3, -0.25) is 9.59 Å². The Labute approximate surface area is 158 Å². The van der Waals surface area contributed by atoms with Crippen LogP contribution in [0.25, 0.3) is 11.1 Å². The quantitative estimate of drug-likeness (QED) is 0.737. The maximum Gasteiger partial charge on any atom is 0.227 e. The molecule has 0 saturated carbocycles. The summed E-state index contributed by atoms with van der Waals surface area (Å²) in [5.74, 6) is -0.207. The number of rotatable bonds is 4. The smallest absolute Gasteiger partial charge is 0.227 e. The Morgan fingerprint density at radius 1 is 1.30 bits per heavy atom. The van der Waals surface area contributed by atoms with Gasteiger partial charge < -0.3 is 9.64 Å². The van der Waals surface area contributed by atoms with Crippen LogP contribution in [0.1, 0.15) is 48.7 Å². The van der Waals surface area contributed by atoms with Gasteiger partial charge in [-0.1, -0.05) is 19.9 Å². The molecule has 3 rings (SSSR count). The van der Waals surface area contributed by atoms with Crippen LogP contribution in [0.2, 0.25) is 0 Å². The fourth-order valence-electron chi connectivity index (χ4n) is 3.87. The monoisotopic (exact) mass is 369 g/mol. The third-order valence-corrected chi connectivity index (χ3v) is 5.32. The first kappa shape index (κ1) is 19.1. The van der Waals surface area contributed by atoms with Crippen molar-refractivity contribution in [1.29, 1.82) is 0 Å². The maximum absolute atomic E-state index is 15.0. The average molecular weight is 369 g/mol. The predicted octanol–water partition coefficient (Wildman–Crippen LogP) is 4.66. The largest absolute Gasteiger partial charge is 0.496 e. The van der Waals surface area contributed by atoms with E-state index in [1.54, 1.807) is 11.0 Å². The number of anilines is 1. The number of ether oxygens (including phenoxy) is 1. The van der Waals surface area contributed by atoms with Gasteiger partial charge in [-0.05, 0) is 48.7 Å². The zero-order valence-corrected chi connectivity index (χ0v) is 16.4. The molecule has 0 bridgehead atoms. The molecular formula is C22H24FNO3. The third kappa shape index (κ3) is 3.01. The van der Waals surface area contributed by atoms with Crippen LogP contribution in [0.4, 0.5) is 10.1 Å². The Balaban J connectivity index is 2.34. The van der Waals surface area contributed by atoms with Gasteiger partial charge in [0.25, 0.3) is 0 Å². The van der Waals surface area contributed by atoms with Crippen LogP contribution in [0.5, 0.6) is 5.75 Å². The van der Waals surface area contributed by atoms with Gasteiger partial charge >= 0.3 is 0 Å². The van der Waals surface area contributed by atoms with E-state index in [1.807, 2.05) is 39.8 Å². The molecule has 1 aliphatic heterocycles. The molecule has 0 saturated heterocycles. The second-order valence-corrected chi connectivity index (χ2v) is 7.55. The lowest BCUT2D eigenvalue weighted by Crippen LogP contribution is -2.41. The highest BCUT2D eigenvalue weighted by Gasteiger charge is 2.37. The van der Waals surface area contributed by atoms with E-state index in [1.165, 1.54) is 13.2 Å². The molecule has 1 heterocycles. The minimum atomic E-state index is -0.614. The molecule has 0 aliphatic carbocycles. The van der Waals surface area contributed by atoms with Crippen molar-refractivity contribution in [2.24, 2.45) is 0 Å². The van der Waals surface area contributed by atoms with Gasteiger partial charge in [0, 0.05) is 24.1 Å². The summed E-state index contributed by atoms with van der Waals surface area (Å²) in [6.45, 7) is 8.46. The first-order chi connectivity index (χ1) is 12.7. The van der Waals surface area contributed by atoms with Crippen LogP contribution in [0.15, 0.2) is 24.3 Å². The number of fused-ring (bicyclic) bond motifs is 1. The maximum atomic E-state index is 15.0. The van der Waals surface area contributed by atoms with Gasteiger partial charge in [0.15, 0.2) is 6.29 Å². The molecule has 1 amide bonds. The van der Waals surface area contributed by atoms with Gasteiger partial charge in [-0.25, -0.2) is 4.39 Å². The van der Waals surface area contributed by atoms with Gasteiger partial charge in [0.2, 0.25) is 5.91 Å². The van der Waals surface area contributed by atoms with E-state index >= 15 is 4.39 Å². The van der Waals surface area contributed by atoms with Crippen molar-refractivity contribution in [2.45, 2.75) is 39.5 Å². The number of amides is 1. The summed E-state index contributed by atoms with van der Waals surface area (Å²) in [5.41, 5.74) is 3.27. The minimum Gasteiger partial charge on any atom is -0.496 e. The van der Waals surface area contributed by atoms with Gasteiger partial charge in [0.05, 0.1) is 18.2 Å². The summed E-state index contributed by atoms with van der Waals surface area (Å²) >= 11 is 0. The van der Waals surface area contributed by atoms with E-state index in [0.717, 1.165) is 16.8 Å². The number of aryl methyl sites for hydroxylation is 1. The molecule has 5 heteroatoms.